The molecule has 3 nitrogen and oxygen atoms in total. The van der Waals surface area contributed by atoms with Crippen LogP contribution in [0.2, 0.25) is 0 Å². The van der Waals surface area contributed by atoms with Crippen LogP contribution in [0.1, 0.15) is 39.5 Å². The predicted molar refractivity (Wildman–Crippen MR) is 61.9 cm³/mol. The van der Waals surface area contributed by atoms with E-state index >= 15 is 0 Å². The van der Waals surface area contributed by atoms with E-state index in [0.29, 0.717) is 18.1 Å². The Balaban J connectivity index is 2.36. The summed E-state index contributed by atoms with van der Waals surface area (Å²) in [5.74, 6) is 0. The van der Waals surface area contributed by atoms with E-state index in [1.54, 1.807) is 7.11 Å². The Labute approximate surface area is 93.2 Å². The highest BCUT2D eigenvalue weighted by molar-refractivity contribution is 4.85. The van der Waals surface area contributed by atoms with Gasteiger partial charge in [-0.1, -0.05) is 20.3 Å². The van der Waals surface area contributed by atoms with Crippen molar-refractivity contribution in [3.8, 4) is 0 Å². The van der Waals surface area contributed by atoms with Gasteiger partial charge in [-0.05, 0) is 24.7 Å². The minimum absolute atomic E-state index is 0.0916. The minimum Gasteiger partial charge on any atom is -0.395 e. The van der Waals surface area contributed by atoms with Crippen molar-refractivity contribution in [2.24, 2.45) is 5.41 Å². The Bertz CT molecular complexity index is 182. The molecule has 0 radical (unpaired) electrons. The van der Waals surface area contributed by atoms with Crippen LogP contribution in [-0.2, 0) is 4.74 Å². The molecule has 0 aliphatic heterocycles. The van der Waals surface area contributed by atoms with E-state index in [4.69, 9.17) is 4.74 Å². The number of methoxy groups -OCH3 is 1. The molecule has 1 aliphatic carbocycles. The number of ether oxygens (including phenoxy) is 1. The molecule has 1 saturated carbocycles. The van der Waals surface area contributed by atoms with E-state index < -0.39 is 0 Å². The summed E-state index contributed by atoms with van der Waals surface area (Å²) in [5, 5.41) is 12.7. The van der Waals surface area contributed by atoms with E-state index in [1.165, 1.54) is 25.7 Å². The Hall–Kier alpha value is -0.120. The fraction of sp³-hybridized carbons (Fsp3) is 1.00. The third-order valence-electron chi connectivity index (χ3n) is 3.26. The lowest BCUT2D eigenvalue weighted by molar-refractivity contribution is 0.105. The second-order valence-electron chi connectivity index (χ2n) is 5.46. The molecule has 0 aromatic rings. The van der Waals surface area contributed by atoms with Gasteiger partial charge in [0.25, 0.3) is 0 Å². The molecular formula is C12H25NO2. The first-order valence-corrected chi connectivity index (χ1v) is 5.93. The van der Waals surface area contributed by atoms with E-state index in [2.05, 4.69) is 19.2 Å². The van der Waals surface area contributed by atoms with Crippen molar-refractivity contribution in [2.75, 3.05) is 20.3 Å². The summed E-state index contributed by atoms with van der Waals surface area (Å²) in [6.45, 7) is 5.40. The minimum atomic E-state index is 0.0916. The summed E-state index contributed by atoms with van der Waals surface area (Å²) < 4.78 is 5.07. The molecule has 0 amide bonds. The van der Waals surface area contributed by atoms with Crippen molar-refractivity contribution in [3.05, 3.63) is 0 Å². The molecule has 3 heteroatoms. The monoisotopic (exact) mass is 215 g/mol. The molecule has 2 N–H and O–H groups in total. The molecule has 90 valence electrons. The third kappa shape index (κ3) is 4.49. The number of rotatable bonds is 5. The highest BCUT2D eigenvalue weighted by Gasteiger charge is 2.28. The largest absolute Gasteiger partial charge is 0.395 e. The topological polar surface area (TPSA) is 41.5 Å². The van der Waals surface area contributed by atoms with Crippen LogP contribution in [0.3, 0.4) is 0 Å². The lowest BCUT2D eigenvalue weighted by atomic mass is 9.75. The third-order valence-corrected chi connectivity index (χ3v) is 3.26. The zero-order valence-electron chi connectivity index (χ0n) is 10.3. The quantitative estimate of drug-likeness (QED) is 0.731. The fourth-order valence-corrected chi connectivity index (χ4v) is 2.53. The maximum Gasteiger partial charge on any atom is 0.0638 e. The zero-order chi connectivity index (χ0) is 11.3. The summed E-state index contributed by atoms with van der Waals surface area (Å²) in [6.07, 6.45) is 5.03. The summed E-state index contributed by atoms with van der Waals surface area (Å²) in [4.78, 5) is 0. The average molecular weight is 215 g/mol. The fourth-order valence-electron chi connectivity index (χ4n) is 2.53. The van der Waals surface area contributed by atoms with Gasteiger partial charge in [0.2, 0.25) is 0 Å². The molecule has 0 aromatic carbocycles. The summed E-state index contributed by atoms with van der Waals surface area (Å²) >= 11 is 0. The van der Waals surface area contributed by atoms with Crippen molar-refractivity contribution < 1.29 is 9.84 Å². The first-order valence-electron chi connectivity index (χ1n) is 5.93. The zero-order valence-corrected chi connectivity index (χ0v) is 10.3. The standard InChI is InChI=1S/C12H25NO2/c1-12(2)6-4-5-10(7-12)13-11(8-14)9-15-3/h10-11,13-14H,4-9H2,1-3H3. The smallest absolute Gasteiger partial charge is 0.0638 e. The Morgan fingerprint density at radius 2 is 2.27 bits per heavy atom. The molecule has 1 rings (SSSR count). The van der Waals surface area contributed by atoms with E-state index in [-0.39, 0.29) is 12.6 Å². The number of aliphatic hydroxyl groups is 1. The Kier molecular flexibility index (Phi) is 5.03. The van der Waals surface area contributed by atoms with E-state index in [0.717, 1.165) is 0 Å². The van der Waals surface area contributed by atoms with Crippen LogP contribution < -0.4 is 5.32 Å². The van der Waals surface area contributed by atoms with E-state index in [9.17, 15) is 5.11 Å². The van der Waals surface area contributed by atoms with Gasteiger partial charge in [-0.2, -0.15) is 0 Å². The van der Waals surface area contributed by atoms with Gasteiger partial charge < -0.3 is 15.2 Å². The molecule has 0 bridgehead atoms. The van der Waals surface area contributed by atoms with Crippen LogP contribution in [0.25, 0.3) is 0 Å². The normalized spacial score (nSPS) is 27.6. The molecular weight excluding hydrogens is 190 g/mol. The van der Waals surface area contributed by atoms with Crippen molar-refractivity contribution in [3.63, 3.8) is 0 Å². The summed E-state index contributed by atoms with van der Waals surface area (Å²) in [6, 6.07) is 0.634. The van der Waals surface area contributed by atoms with E-state index in [1.807, 2.05) is 0 Å². The Morgan fingerprint density at radius 3 is 2.80 bits per heavy atom. The van der Waals surface area contributed by atoms with Crippen LogP contribution >= 0.6 is 0 Å². The van der Waals surface area contributed by atoms with Crippen molar-refractivity contribution in [2.45, 2.75) is 51.6 Å². The lowest BCUT2D eigenvalue weighted by Crippen LogP contribution is -2.46. The molecule has 0 heterocycles. The number of nitrogens with one attached hydrogen (secondary N) is 1. The predicted octanol–water partition coefficient (Wildman–Crippen LogP) is 1.55. The average Bonchev–Trinajstić information content (AvgIpc) is 2.15. The first-order chi connectivity index (χ1) is 7.07. The number of hydrogen-bond donors (Lipinski definition) is 2. The van der Waals surface area contributed by atoms with Crippen LogP contribution in [-0.4, -0.2) is 37.5 Å². The first kappa shape index (κ1) is 12.9. The highest BCUT2D eigenvalue weighted by Crippen LogP contribution is 2.35. The van der Waals surface area contributed by atoms with Crippen molar-refractivity contribution in [1.29, 1.82) is 0 Å². The molecule has 2 atom stereocenters. The van der Waals surface area contributed by atoms with Crippen molar-refractivity contribution >= 4 is 0 Å². The van der Waals surface area contributed by atoms with Crippen LogP contribution in [0.4, 0.5) is 0 Å². The van der Waals surface area contributed by atoms with Crippen LogP contribution in [0.15, 0.2) is 0 Å². The van der Waals surface area contributed by atoms with Gasteiger partial charge in [0.05, 0.1) is 19.3 Å². The van der Waals surface area contributed by atoms with Gasteiger partial charge in [-0.15, -0.1) is 0 Å². The van der Waals surface area contributed by atoms with Crippen LogP contribution in [0.5, 0.6) is 0 Å². The van der Waals surface area contributed by atoms with Gasteiger partial charge in [0.1, 0.15) is 0 Å². The van der Waals surface area contributed by atoms with Crippen LogP contribution in [0, 0.1) is 5.41 Å². The Morgan fingerprint density at radius 1 is 1.53 bits per heavy atom. The molecule has 2 unspecified atom stereocenters. The van der Waals surface area contributed by atoms with Gasteiger partial charge in [-0.3, -0.25) is 0 Å². The SMILES string of the molecule is COCC(CO)NC1CCCC(C)(C)C1. The lowest BCUT2D eigenvalue weighted by Gasteiger charge is -2.37. The molecule has 0 saturated heterocycles. The van der Waals surface area contributed by atoms with Gasteiger partial charge in [0, 0.05) is 13.2 Å². The molecule has 1 aliphatic rings. The van der Waals surface area contributed by atoms with Gasteiger partial charge in [-0.25, -0.2) is 0 Å². The second-order valence-corrected chi connectivity index (χ2v) is 5.46. The van der Waals surface area contributed by atoms with Crippen molar-refractivity contribution in [1.82, 2.24) is 5.32 Å². The number of hydrogen-bond acceptors (Lipinski definition) is 3. The molecule has 15 heavy (non-hydrogen) atoms. The van der Waals surface area contributed by atoms with Gasteiger partial charge in [0.15, 0.2) is 0 Å². The second kappa shape index (κ2) is 5.83. The number of aliphatic hydroxyl groups excluding tert-OH is 1. The summed E-state index contributed by atoms with van der Waals surface area (Å²) in [5.41, 5.74) is 0.447. The molecule has 0 aromatic heterocycles. The highest BCUT2D eigenvalue weighted by atomic mass is 16.5. The molecule has 1 fully saturated rings. The maximum atomic E-state index is 9.18. The molecule has 0 spiro atoms. The van der Waals surface area contributed by atoms with Gasteiger partial charge >= 0.3 is 0 Å². The summed E-state index contributed by atoms with van der Waals surface area (Å²) in [7, 11) is 1.68. The maximum absolute atomic E-state index is 9.18.